The molecule has 3 aromatic rings. The van der Waals surface area contributed by atoms with Gasteiger partial charge in [0.05, 0.1) is 0 Å². The van der Waals surface area contributed by atoms with Crippen LogP contribution in [0.25, 0.3) is 0 Å². The van der Waals surface area contributed by atoms with Crippen LogP contribution in [-0.2, 0) is 0 Å². The van der Waals surface area contributed by atoms with Crippen molar-refractivity contribution >= 4 is 17.6 Å². The van der Waals surface area contributed by atoms with Crippen molar-refractivity contribution in [3.63, 3.8) is 0 Å². The standard InChI is InChI=1S/C19H21N7/c1-14-11-16(25-18-20-6-3-7-21-18)12-17(24-14)15-5-2-10-26(13-15)19-22-8-4-9-23-19/h3-4,6-9,11-12,15H,2,5,10,13H2,1H3,(H,20,21,24,25)/t15-/m0/s1. The van der Waals surface area contributed by atoms with E-state index in [0.717, 1.165) is 49.0 Å². The number of aryl methyl sites for hydroxylation is 1. The van der Waals surface area contributed by atoms with E-state index in [-0.39, 0.29) is 0 Å². The Bertz CT molecular complexity index is 854. The molecule has 7 heteroatoms. The number of hydrogen-bond donors (Lipinski definition) is 1. The Morgan fingerprint density at radius 2 is 1.73 bits per heavy atom. The molecule has 132 valence electrons. The highest BCUT2D eigenvalue weighted by Gasteiger charge is 2.24. The second-order valence-electron chi connectivity index (χ2n) is 6.45. The Labute approximate surface area is 152 Å². The van der Waals surface area contributed by atoms with Gasteiger partial charge in [0.1, 0.15) is 0 Å². The lowest BCUT2D eigenvalue weighted by Crippen LogP contribution is -2.35. The first kappa shape index (κ1) is 16.4. The zero-order chi connectivity index (χ0) is 17.8. The van der Waals surface area contributed by atoms with E-state index < -0.39 is 0 Å². The van der Waals surface area contributed by atoms with E-state index >= 15 is 0 Å². The van der Waals surface area contributed by atoms with Crippen LogP contribution in [-0.4, -0.2) is 38.0 Å². The summed E-state index contributed by atoms with van der Waals surface area (Å²) in [6.07, 6.45) is 9.24. The molecule has 1 saturated heterocycles. The number of hydrogen-bond acceptors (Lipinski definition) is 7. The maximum absolute atomic E-state index is 4.78. The van der Waals surface area contributed by atoms with Gasteiger partial charge in [0, 0.05) is 60.9 Å². The molecule has 26 heavy (non-hydrogen) atoms. The van der Waals surface area contributed by atoms with Gasteiger partial charge >= 0.3 is 0 Å². The summed E-state index contributed by atoms with van der Waals surface area (Å²) in [5, 5.41) is 3.27. The van der Waals surface area contributed by atoms with Gasteiger partial charge in [0.15, 0.2) is 0 Å². The fraction of sp³-hybridized carbons (Fsp3) is 0.316. The molecule has 1 atom stereocenters. The van der Waals surface area contributed by atoms with Crippen molar-refractivity contribution in [1.82, 2.24) is 24.9 Å². The van der Waals surface area contributed by atoms with Crippen molar-refractivity contribution < 1.29 is 0 Å². The molecule has 4 rings (SSSR count). The quantitative estimate of drug-likeness (QED) is 0.777. The summed E-state index contributed by atoms with van der Waals surface area (Å²) >= 11 is 0. The predicted octanol–water partition coefficient (Wildman–Crippen LogP) is 3.10. The highest BCUT2D eigenvalue weighted by Crippen LogP contribution is 2.29. The number of rotatable bonds is 4. The number of pyridine rings is 1. The van der Waals surface area contributed by atoms with Crippen molar-refractivity contribution in [2.24, 2.45) is 0 Å². The third-order valence-electron chi connectivity index (χ3n) is 4.47. The largest absolute Gasteiger partial charge is 0.340 e. The van der Waals surface area contributed by atoms with Gasteiger partial charge in [-0.1, -0.05) is 0 Å². The molecule has 1 aliphatic rings. The fourth-order valence-electron chi connectivity index (χ4n) is 3.32. The Hall–Kier alpha value is -3.09. The Kier molecular flexibility index (Phi) is 4.68. The fourth-order valence-corrected chi connectivity index (χ4v) is 3.32. The molecule has 0 aliphatic carbocycles. The minimum absolute atomic E-state index is 0.352. The van der Waals surface area contributed by atoms with Gasteiger partial charge < -0.3 is 10.2 Å². The molecular formula is C19H21N7. The van der Waals surface area contributed by atoms with Gasteiger partial charge in [-0.2, -0.15) is 0 Å². The highest BCUT2D eigenvalue weighted by atomic mass is 15.2. The summed E-state index contributed by atoms with van der Waals surface area (Å²) in [5.41, 5.74) is 3.03. The lowest BCUT2D eigenvalue weighted by atomic mass is 9.94. The van der Waals surface area contributed by atoms with Gasteiger partial charge in [0.25, 0.3) is 0 Å². The van der Waals surface area contributed by atoms with Gasteiger partial charge in [0.2, 0.25) is 11.9 Å². The summed E-state index contributed by atoms with van der Waals surface area (Å²) in [5.74, 6) is 1.73. The maximum Gasteiger partial charge on any atom is 0.227 e. The van der Waals surface area contributed by atoms with E-state index in [1.165, 1.54) is 0 Å². The average Bonchev–Trinajstić information content (AvgIpc) is 2.69. The molecule has 0 spiro atoms. The minimum atomic E-state index is 0.352. The number of nitrogens with zero attached hydrogens (tertiary/aromatic N) is 6. The van der Waals surface area contributed by atoms with E-state index in [4.69, 9.17) is 4.98 Å². The van der Waals surface area contributed by atoms with Crippen LogP contribution in [0.4, 0.5) is 17.6 Å². The molecule has 0 radical (unpaired) electrons. The van der Waals surface area contributed by atoms with Crippen LogP contribution in [0.2, 0.25) is 0 Å². The summed E-state index contributed by atoms with van der Waals surface area (Å²) < 4.78 is 0. The van der Waals surface area contributed by atoms with Crippen molar-refractivity contribution in [3.8, 4) is 0 Å². The van der Waals surface area contributed by atoms with Crippen molar-refractivity contribution in [1.29, 1.82) is 0 Å². The predicted molar refractivity (Wildman–Crippen MR) is 101 cm³/mol. The number of anilines is 3. The average molecular weight is 347 g/mol. The molecule has 1 aliphatic heterocycles. The minimum Gasteiger partial charge on any atom is -0.340 e. The topological polar surface area (TPSA) is 79.7 Å². The molecule has 4 heterocycles. The summed E-state index contributed by atoms with van der Waals surface area (Å²) in [6, 6.07) is 7.76. The monoisotopic (exact) mass is 347 g/mol. The zero-order valence-corrected chi connectivity index (χ0v) is 14.7. The van der Waals surface area contributed by atoms with Gasteiger partial charge in [-0.25, -0.2) is 19.9 Å². The third-order valence-corrected chi connectivity index (χ3v) is 4.47. The molecule has 0 unspecified atom stereocenters. The smallest absolute Gasteiger partial charge is 0.227 e. The second kappa shape index (κ2) is 7.43. The van der Waals surface area contributed by atoms with Gasteiger partial charge in [-0.3, -0.25) is 4.98 Å². The second-order valence-corrected chi connectivity index (χ2v) is 6.45. The van der Waals surface area contributed by atoms with Crippen LogP contribution in [0.15, 0.2) is 49.1 Å². The summed E-state index contributed by atoms with van der Waals surface area (Å²) in [6.45, 7) is 3.87. The normalized spacial score (nSPS) is 17.1. The Morgan fingerprint density at radius 3 is 2.50 bits per heavy atom. The lowest BCUT2D eigenvalue weighted by Gasteiger charge is -2.32. The first-order valence-electron chi connectivity index (χ1n) is 8.82. The van der Waals surface area contributed by atoms with Crippen LogP contribution in [0.5, 0.6) is 0 Å². The van der Waals surface area contributed by atoms with Gasteiger partial charge in [-0.05, 0) is 44.0 Å². The van der Waals surface area contributed by atoms with Crippen LogP contribution in [0, 0.1) is 6.92 Å². The molecule has 7 nitrogen and oxygen atoms in total. The number of piperidine rings is 1. The van der Waals surface area contributed by atoms with Crippen LogP contribution in [0.1, 0.15) is 30.1 Å². The summed E-state index contributed by atoms with van der Waals surface area (Å²) in [7, 11) is 0. The Balaban J connectivity index is 1.55. The van der Waals surface area contributed by atoms with E-state index in [9.17, 15) is 0 Å². The first-order chi connectivity index (χ1) is 12.8. The third kappa shape index (κ3) is 3.77. The van der Waals surface area contributed by atoms with Crippen molar-refractivity contribution in [2.75, 3.05) is 23.3 Å². The number of aromatic nitrogens is 5. The molecule has 1 N–H and O–H groups in total. The summed E-state index contributed by atoms with van der Waals surface area (Å²) in [4.78, 5) is 24.3. The SMILES string of the molecule is Cc1cc(Nc2ncccn2)cc([C@H]2CCCN(c3ncccn3)C2)n1. The Morgan fingerprint density at radius 1 is 1.00 bits per heavy atom. The molecule has 0 amide bonds. The van der Waals surface area contributed by atoms with E-state index in [1.54, 1.807) is 30.9 Å². The van der Waals surface area contributed by atoms with E-state index in [0.29, 0.717) is 11.9 Å². The highest BCUT2D eigenvalue weighted by molar-refractivity contribution is 5.54. The van der Waals surface area contributed by atoms with Crippen LogP contribution >= 0.6 is 0 Å². The molecular weight excluding hydrogens is 326 g/mol. The molecule has 0 aromatic carbocycles. The van der Waals surface area contributed by atoms with Crippen molar-refractivity contribution in [2.45, 2.75) is 25.7 Å². The van der Waals surface area contributed by atoms with Crippen molar-refractivity contribution in [3.05, 3.63) is 60.4 Å². The molecule has 0 bridgehead atoms. The van der Waals surface area contributed by atoms with Crippen LogP contribution < -0.4 is 10.2 Å². The van der Waals surface area contributed by atoms with E-state index in [2.05, 4.69) is 36.2 Å². The lowest BCUT2D eigenvalue weighted by molar-refractivity contribution is 0.495. The van der Waals surface area contributed by atoms with E-state index in [1.807, 2.05) is 19.1 Å². The van der Waals surface area contributed by atoms with Crippen LogP contribution in [0.3, 0.4) is 0 Å². The first-order valence-corrected chi connectivity index (χ1v) is 8.82. The molecule has 3 aromatic heterocycles. The van der Waals surface area contributed by atoms with Gasteiger partial charge in [-0.15, -0.1) is 0 Å². The maximum atomic E-state index is 4.78. The zero-order valence-electron chi connectivity index (χ0n) is 14.7. The molecule has 1 fully saturated rings. The number of nitrogens with one attached hydrogen (secondary N) is 1. The molecule has 0 saturated carbocycles.